The highest BCUT2D eigenvalue weighted by molar-refractivity contribution is 5.87. The van der Waals surface area contributed by atoms with Crippen molar-refractivity contribution in [2.75, 3.05) is 0 Å². The van der Waals surface area contributed by atoms with Crippen LogP contribution < -0.4 is 10.6 Å². The van der Waals surface area contributed by atoms with Crippen LogP contribution in [0.3, 0.4) is 0 Å². The van der Waals surface area contributed by atoms with E-state index in [2.05, 4.69) is 22.2 Å². The second-order valence-electron chi connectivity index (χ2n) is 5.68. The largest absolute Gasteiger partial charge is 0.416 e. The number of nitrogens with one attached hydrogen (secondary N) is 2. The second kappa shape index (κ2) is 7.46. The Kier molecular flexibility index (Phi) is 5.58. The maximum atomic E-state index is 12.9. The molecule has 24 heavy (non-hydrogen) atoms. The quantitative estimate of drug-likeness (QED) is 0.778. The summed E-state index contributed by atoms with van der Waals surface area (Å²) in [5, 5.41) is 5.46. The summed E-state index contributed by atoms with van der Waals surface area (Å²) in [6.07, 6.45) is 0.0704. The molecule has 1 fully saturated rings. The molecule has 2 rings (SSSR count). The van der Waals surface area contributed by atoms with Gasteiger partial charge in [-0.2, -0.15) is 13.2 Å². The molecule has 2 amide bonds. The van der Waals surface area contributed by atoms with Crippen molar-refractivity contribution >= 4 is 11.8 Å². The molecule has 1 aromatic heterocycles. The van der Waals surface area contributed by atoms with Crippen LogP contribution in [0.5, 0.6) is 0 Å². The topological polar surface area (TPSA) is 71.1 Å². The summed E-state index contributed by atoms with van der Waals surface area (Å²) in [5.74, 6) is -0.577. The second-order valence-corrected chi connectivity index (χ2v) is 5.68. The number of nitrogens with zero attached hydrogens (tertiary/aromatic N) is 1. The molecule has 2 N–H and O–H groups in total. The predicted octanol–water partition coefficient (Wildman–Crippen LogP) is 1.98. The van der Waals surface area contributed by atoms with E-state index in [4.69, 9.17) is 0 Å². The first-order valence-corrected chi connectivity index (χ1v) is 7.52. The lowest BCUT2D eigenvalue weighted by molar-refractivity contribution is -0.138. The van der Waals surface area contributed by atoms with Gasteiger partial charge in [-0.1, -0.05) is 6.58 Å². The number of alkyl halides is 3. The maximum Gasteiger partial charge on any atom is 0.416 e. The highest BCUT2D eigenvalue weighted by atomic mass is 19.4. The van der Waals surface area contributed by atoms with Crippen LogP contribution in [0.2, 0.25) is 0 Å². The molecule has 0 spiro atoms. The molecule has 1 aliphatic rings. The number of pyridine rings is 1. The van der Waals surface area contributed by atoms with Gasteiger partial charge in [0.1, 0.15) is 0 Å². The zero-order valence-electron chi connectivity index (χ0n) is 12.9. The molecule has 130 valence electrons. The van der Waals surface area contributed by atoms with Crippen LogP contribution in [0.25, 0.3) is 0 Å². The van der Waals surface area contributed by atoms with Crippen LogP contribution in [-0.2, 0) is 22.2 Å². The molecule has 0 atom stereocenters. The van der Waals surface area contributed by atoms with Gasteiger partial charge in [0.05, 0.1) is 5.56 Å². The normalized spacial score (nSPS) is 20.0. The summed E-state index contributed by atoms with van der Waals surface area (Å²) in [4.78, 5) is 26.6. The lowest BCUT2D eigenvalue weighted by Gasteiger charge is -2.36. The molecule has 1 aromatic rings. The van der Waals surface area contributed by atoms with E-state index < -0.39 is 11.7 Å². The smallest absolute Gasteiger partial charge is 0.353 e. The van der Waals surface area contributed by atoms with Crippen LogP contribution >= 0.6 is 0 Å². The van der Waals surface area contributed by atoms with Gasteiger partial charge in [0.2, 0.25) is 11.8 Å². The van der Waals surface area contributed by atoms with Crippen molar-refractivity contribution in [3.63, 3.8) is 0 Å². The standard InChI is InChI=1S/C16H18F3N3O2/c1-2-14(23)21-11-7-12(8-11)22-15(24)4-3-10-9-20-6-5-13(10)16(17,18)19/h2,5-6,9,11-12H,1,3-4,7-8H2,(H,21,23)(H,22,24). The van der Waals surface area contributed by atoms with E-state index in [1.165, 1.54) is 6.08 Å². The molecule has 8 heteroatoms. The maximum absolute atomic E-state index is 12.9. The molecular weight excluding hydrogens is 323 g/mol. The van der Waals surface area contributed by atoms with Crippen molar-refractivity contribution < 1.29 is 22.8 Å². The number of aromatic nitrogens is 1. The third-order valence-electron chi connectivity index (χ3n) is 3.87. The number of aryl methyl sites for hydroxylation is 1. The van der Waals surface area contributed by atoms with E-state index in [1.54, 1.807) is 0 Å². The highest BCUT2D eigenvalue weighted by Gasteiger charge is 2.34. The number of hydrogen-bond acceptors (Lipinski definition) is 3. The van der Waals surface area contributed by atoms with Crippen molar-refractivity contribution in [3.8, 4) is 0 Å². The Balaban J connectivity index is 1.77. The van der Waals surface area contributed by atoms with Gasteiger partial charge in [0.15, 0.2) is 0 Å². The average molecular weight is 341 g/mol. The minimum atomic E-state index is -4.46. The number of hydrogen-bond donors (Lipinski definition) is 2. The molecule has 1 saturated carbocycles. The summed E-state index contributed by atoms with van der Waals surface area (Å²) >= 11 is 0. The first-order valence-electron chi connectivity index (χ1n) is 7.52. The van der Waals surface area contributed by atoms with Crippen LogP contribution in [0, 0.1) is 0 Å². The third kappa shape index (κ3) is 4.81. The fraction of sp³-hybridized carbons (Fsp3) is 0.438. The zero-order chi connectivity index (χ0) is 17.7. The van der Waals surface area contributed by atoms with Crippen molar-refractivity contribution in [3.05, 3.63) is 42.2 Å². The van der Waals surface area contributed by atoms with E-state index in [1.807, 2.05) is 0 Å². The van der Waals surface area contributed by atoms with Crippen molar-refractivity contribution in [2.45, 2.75) is 43.9 Å². The van der Waals surface area contributed by atoms with Gasteiger partial charge in [-0.3, -0.25) is 14.6 Å². The third-order valence-corrected chi connectivity index (χ3v) is 3.87. The molecule has 0 bridgehead atoms. The van der Waals surface area contributed by atoms with Gasteiger partial charge in [-0.25, -0.2) is 0 Å². The highest BCUT2D eigenvalue weighted by Crippen LogP contribution is 2.31. The van der Waals surface area contributed by atoms with Gasteiger partial charge < -0.3 is 10.6 Å². The summed E-state index contributed by atoms with van der Waals surface area (Å²) in [5.41, 5.74) is -0.758. The van der Waals surface area contributed by atoms with E-state index in [9.17, 15) is 22.8 Å². The Morgan fingerprint density at radius 2 is 1.96 bits per heavy atom. The van der Waals surface area contributed by atoms with Crippen molar-refractivity contribution in [1.82, 2.24) is 15.6 Å². The van der Waals surface area contributed by atoms with Crippen LogP contribution in [0.4, 0.5) is 13.2 Å². The van der Waals surface area contributed by atoms with E-state index in [0.29, 0.717) is 12.8 Å². The number of carbonyl (C=O) groups excluding carboxylic acids is 2. The molecule has 1 heterocycles. The SMILES string of the molecule is C=CC(=O)NC1CC(NC(=O)CCc2cnccc2C(F)(F)F)C1. The van der Waals surface area contributed by atoms with Gasteiger partial charge in [0, 0.05) is 30.9 Å². The Morgan fingerprint density at radius 1 is 1.29 bits per heavy atom. The first kappa shape index (κ1) is 18.0. The lowest BCUT2D eigenvalue weighted by Crippen LogP contribution is -2.53. The van der Waals surface area contributed by atoms with Gasteiger partial charge in [0.25, 0.3) is 0 Å². The molecule has 0 aliphatic heterocycles. The van der Waals surface area contributed by atoms with E-state index >= 15 is 0 Å². The fourth-order valence-corrected chi connectivity index (χ4v) is 2.56. The minimum absolute atomic E-state index is 0.00375. The van der Waals surface area contributed by atoms with E-state index in [-0.39, 0.29) is 42.3 Å². The Bertz CT molecular complexity index is 625. The predicted molar refractivity (Wildman–Crippen MR) is 80.9 cm³/mol. The van der Waals surface area contributed by atoms with Gasteiger partial charge in [-0.05, 0) is 37.0 Å². The Morgan fingerprint density at radius 3 is 2.58 bits per heavy atom. The molecule has 0 radical (unpaired) electrons. The van der Waals surface area contributed by atoms with Gasteiger partial charge >= 0.3 is 6.18 Å². The zero-order valence-corrected chi connectivity index (χ0v) is 12.9. The monoisotopic (exact) mass is 341 g/mol. The number of rotatable bonds is 6. The average Bonchev–Trinajstić information content (AvgIpc) is 2.50. The van der Waals surface area contributed by atoms with Crippen LogP contribution in [0.1, 0.15) is 30.4 Å². The van der Waals surface area contributed by atoms with Crippen LogP contribution in [-0.4, -0.2) is 28.9 Å². The summed E-state index contributed by atoms with van der Waals surface area (Å²) < 4.78 is 38.6. The first-order chi connectivity index (χ1) is 11.3. The number of halogens is 3. The summed E-state index contributed by atoms with van der Waals surface area (Å²) in [7, 11) is 0. The Hall–Kier alpha value is -2.38. The summed E-state index contributed by atoms with van der Waals surface area (Å²) in [6, 6.07) is 0.839. The molecule has 0 saturated heterocycles. The van der Waals surface area contributed by atoms with E-state index in [0.717, 1.165) is 18.5 Å². The number of carbonyl (C=O) groups is 2. The van der Waals surface area contributed by atoms with Crippen molar-refractivity contribution in [1.29, 1.82) is 0 Å². The molecule has 5 nitrogen and oxygen atoms in total. The number of amides is 2. The van der Waals surface area contributed by atoms with Crippen molar-refractivity contribution in [2.24, 2.45) is 0 Å². The lowest BCUT2D eigenvalue weighted by atomic mass is 9.86. The Labute approximate surface area is 137 Å². The minimum Gasteiger partial charge on any atom is -0.353 e. The fourth-order valence-electron chi connectivity index (χ4n) is 2.56. The van der Waals surface area contributed by atoms with Gasteiger partial charge in [-0.15, -0.1) is 0 Å². The molecule has 0 unspecified atom stereocenters. The molecule has 1 aliphatic carbocycles. The molecular formula is C16H18F3N3O2. The summed E-state index contributed by atoms with van der Waals surface area (Å²) in [6.45, 7) is 3.35. The molecule has 0 aromatic carbocycles. The van der Waals surface area contributed by atoms with Crippen LogP contribution in [0.15, 0.2) is 31.1 Å².